The van der Waals surface area contributed by atoms with Crippen molar-refractivity contribution in [1.82, 2.24) is 10.6 Å². The Balaban J connectivity index is 1.66. The number of phenols is 1. The van der Waals surface area contributed by atoms with E-state index in [0.717, 1.165) is 44.2 Å². The van der Waals surface area contributed by atoms with Crippen LogP contribution in [0.4, 0.5) is 11.4 Å². The summed E-state index contributed by atoms with van der Waals surface area (Å²) in [4.78, 5) is 43.0. The van der Waals surface area contributed by atoms with Crippen molar-refractivity contribution in [3.05, 3.63) is 72.3 Å². The van der Waals surface area contributed by atoms with Gasteiger partial charge in [0.25, 0.3) is 5.91 Å². The minimum Gasteiger partial charge on any atom is -0.508 e. The second-order valence-electron chi connectivity index (χ2n) is 15.2. The SMILES string of the molecule is CCCCC1(CCCC)CN(c2ccccc2)c2cc(SC)c(OCC(=O)N[C@@H](C(=O)N[C@@H](CC)C(=O)OC(C)(C)C)c3ccc(O)cc3)cc2S(=O)(=O)C1. The number of rotatable bonds is 17. The predicted molar refractivity (Wildman–Crippen MR) is 218 cm³/mol. The van der Waals surface area contributed by atoms with Crippen molar-refractivity contribution in [1.29, 1.82) is 0 Å². The number of para-hydroxylation sites is 1. The Morgan fingerprint density at radius 3 is 2.15 bits per heavy atom. The van der Waals surface area contributed by atoms with Gasteiger partial charge in [0.2, 0.25) is 5.91 Å². The molecule has 0 aliphatic carbocycles. The lowest BCUT2D eigenvalue weighted by Gasteiger charge is -2.37. The van der Waals surface area contributed by atoms with Crippen LogP contribution in [0.15, 0.2) is 76.5 Å². The van der Waals surface area contributed by atoms with E-state index >= 15 is 0 Å². The van der Waals surface area contributed by atoms with E-state index in [9.17, 15) is 27.9 Å². The number of unbranched alkanes of at least 4 members (excludes halogenated alkanes) is 2. The first-order valence-corrected chi connectivity index (χ1v) is 21.9. The predicted octanol–water partition coefficient (Wildman–Crippen LogP) is 7.88. The van der Waals surface area contributed by atoms with Gasteiger partial charge in [-0.15, -0.1) is 11.8 Å². The van der Waals surface area contributed by atoms with Gasteiger partial charge in [0.05, 0.1) is 21.2 Å². The van der Waals surface area contributed by atoms with Crippen molar-refractivity contribution >= 4 is 50.8 Å². The summed E-state index contributed by atoms with van der Waals surface area (Å²) >= 11 is 1.37. The molecule has 2 atom stereocenters. The number of aromatic hydroxyl groups is 1. The highest BCUT2D eigenvalue weighted by atomic mass is 32.2. The largest absolute Gasteiger partial charge is 0.508 e. The van der Waals surface area contributed by atoms with Crippen LogP contribution in [0, 0.1) is 5.41 Å². The van der Waals surface area contributed by atoms with Crippen LogP contribution in [0.3, 0.4) is 0 Å². The fourth-order valence-corrected chi connectivity index (χ4v) is 9.51. The number of nitrogens with one attached hydrogen (secondary N) is 2. The van der Waals surface area contributed by atoms with Crippen LogP contribution in [0.25, 0.3) is 0 Å². The van der Waals surface area contributed by atoms with Gasteiger partial charge in [0.15, 0.2) is 16.4 Å². The zero-order chi connectivity index (χ0) is 40.4. The Labute approximate surface area is 330 Å². The third kappa shape index (κ3) is 11.6. The number of hydrogen-bond acceptors (Lipinski definition) is 10. The molecule has 0 aromatic heterocycles. The van der Waals surface area contributed by atoms with Crippen molar-refractivity contribution in [3.63, 3.8) is 0 Å². The summed E-state index contributed by atoms with van der Waals surface area (Å²) < 4.78 is 40.5. The molecule has 3 aromatic rings. The molecule has 2 amide bonds. The fraction of sp³-hybridized carbons (Fsp3) is 0.500. The van der Waals surface area contributed by atoms with E-state index in [1.165, 1.54) is 42.1 Å². The van der Waals surface area contributed by atoms with E-state index in [1.54, 1.807) is 27.7 Å². The lowest BCUT2D eigenvalue weighted by molar-refractivity contribution is -0.158. The number of sulfone groups is 1. The monoisotopic (exact) mass is 795 g/mol. The Morgan fingerprint density at radius 1 is 0.945 bits per heavy atom. The van der Waals surface area contributed by atoms with Crippen molar-refractivity contribution in [2.45, 2.75) is 114 Å². The van der Waals surface area contributed by atoms with E-state index in [0.29, 0.717) is 22.7 Å². The van der Waals surface area contributed by atoms with Gasteiger partial charge in [-0.25, -0.2) is 13.2 Å². The van der Waals surface area contributed by atoms with Crippen molar-refractivity contribution in [2.75, 3.05) is 30.1 Å². The zero-order valence-electron chi connectivity index (χ0n) is 33.1. The summed E-state index contributed by atoms with van der Waals surface area (Å²) in [5, 5.41) is 15.3. The summed E-state index contributed by atoms with van der Waals surface area (Å²) in [6, 6.07) is 16.8. The average molecular weight is 796 g/mol. The molecule has 0 saturated heterocycles. The number of ether oxygens (including phenoxy) is 2. The molecule has 13 heteroatoms. The van der Waals surface area contributed by atoms with Crippen LogP contribution in [0.2, 0.25) is 0 Å². The number of carbonyl (C=O) groups is 3. The molecule has 1 aliphatic heterocycles. The van der Waals surface area contributed by atoms with Crippen LogP contribution in [-0.4, -0.2) is 68.1 Å². The van der Waals surface area contributed by atoms with Gasteiger partial charge < -0.3 is 30.1 Å². The number of anilines is 2. The van der Waals surface area contributed by atoms with Gasteiger partial charge in [-0.3, -0.25) is 9.59 Å². The molecule has 55 heavy (non-hydrogen) atoms. The van der Waals surface area contributed by atoms with E-state index in [1.807, 2.05) is 42.7 Å². The molecule has 1 aliphatic rings. The Hall–Kier alpha value is -4.23. The topological polar surface area (TPSA) is 151 Å². The lowest BCUT2D eigenvalue weighted by Crippen LogP contribution is -2.49. The van der Waals surface area contributed by atoms with E-state index in [2.05, 4.69) is 29.4 Å². The highest BCUT2D eigenvalue weighted by Gasteiger charge is 2.42. The number of fused-ring (bicyclic) bond motifs is 1. The quantitative estimate of drug-likeness (QED) is 0.0910. The maximum absolute atomic E-state index is 14.5. The van der Waals surface area contributed by atoms with Crippen LogP contribution in [0.1, 0.15) is 98.1 Å². The normalized spacial score (nSPS) is 15.9. The van der Waals surface area contributed by atoms with E-state index < -0.39 is 57.3 Å². The second-order valence-corrected chi connectivity index (χ2v) is 18.0. The van der Waals surface area contributed by atoms with Crippen molar-refractivity contribution < 1.29 is 37.4 Å². The number of benzene rings is 3. The molecule has 3 N–H and O–H groups in total. The Morgan fingerprint density at radius 2 is 1.58 bits per heavy atom. The van der Waals surface area contributed by atoms with Crippen molar-refractivity contribution in [3.8, 4) is 11.5 Å². The standard InChI is InChI=1S/C42H57N3O8S2/c1-8-11-22-42(23-12-9-2)27-45(30-16-14-13-15-17-30)33-24-35(54-7)34(25-36(33)55(50,51)28-42)52-26-37(47)44-38(29-18-20-31(46)21-19-29)39(48)43-32(10-3)40(49)53-41(4,5)6/h13-21,24-25,32,38,46H,8-12,22-23,26-28H2,1-7H3,(H,43,48)(H,44,47)/t32-,38+/m0/s1. The average Bonchev–Trinajstić information content (AvgIpc) is 3.24. The molecular formula is C42H57N3O8S2. The van der Waals surface area contributed by atoms with Gasteiger partial charge in [0, 0.05) is 23.7 Å². The number of hydrogen-bond donors (Lipinski definition) is 3. The molecule has 0 radical (unpaired) electrons. The summed E-state index contributed by atoms with van der Waals surface area (Å²) in [7, 11) is -3.82. The zero-order valence-corrected chi connectivity index (χ0v) is 34.8. The molecular weight excluding hydrogens is 739 g/mol. The Bertz CT molecular complexity index is 1870. The first-order valence-electron chi connectivity index (χ1n) is 19.1. The number of esters is 1. The number of carbonyl (C=O) groups excluding carboxylic acids is 3. The first-order chi connectivity index (χ1) is 26.0. The molecule has 11 nitrogen and oxygen atoms in total. The molecule has 300 valence electrons. The molecule has 3 aromatic carbocycles. The second kappa shape index (κ2) is 19.1. The van der Waals surface area contributed by atoms with Gasteiger partial charge in [0.1, 0.15) is 29.2 Å². The molecule has 0 fully saturated rings. The van der Waals surface area contributed by atoms with Crippen molar-refractivity contribution in [2.24, 2.45) is 5.41 Å². The number of amides is 2. The maximum atomic E-state index is 14.5. The van der Waals surface area contributed by atoms with Crippen LogP contribution < -0.4 is 20.3 Å². The third-order valence-electron chi connectivity index (χ3n) is 9.62. The van der Waals surface area contributed by atoms with E-state index in [4.69, 9.17) is 9.47 Å². The number of nitrogens with zero attached hydrogens (tertiary/aromatic N) is 1. The summed E-state index contributed by atoms with van der Waals surface area (Å²) in [6.45, 7) is 11.2. The molecule has 4 rings (SSSR count). The van der Waals surface area contributed by atoms with Crippen LogP contribution in [-0.2, 0) is 29.0 Å². The highest BCUT2D eigenvalue weighted by Crippen LogP contribution is 2.47. The molecule has 0 bridgehead atoms. The van der Waals surface area contributed by atoms with E-state index in [-0.39, 0.29) is 28.6 Å². The molecule has 0 unspecified atom stereocenters. The summed E-state index contributed by atoms with van der Waals surface area (Å²) in [5.74, 6) is -1.72. The first kappa shape index (κ1) is 43.5. The van der Waals surface area contributed by atoms with Gasteiger partial charge in [-0.05, 0) is 82.2 Å². The van der Waals surface area contributed by atoms with Crippen LogP contribution >= 0.6 is 11.8 Å². The lowest BCUT2D eigenvalue weighted by atomic mass is 9.79. The minimum absolute atomic E-state index is 0.000342. The number of thioether (sulfide) groups is 1. The summed E-state index contributed by atoms with van der Waals surface area (Å²) in [6.07, 6.45) is 7.43. The van der Waals surface area contributed by atoms with Gasteiger partial charge in [-0.1, -0.05) is 76.8 Å². The molecule has 0 spiro atoms. The minimum atomic E-state index is -3.82. The van der Waals surface area contributed by atoms with Crippen LogP contribution in [0.5, 0.6) is 11.5 Å². The van der Waals surface area contributed by atoms with Gasteiger partial charge in [-0.2, -0.15) is 0 Å². The smallest absolute Gasteiger partial charge is 0.329 e. The maximum Gasteiger partial charge on any atom is 0.329 e. The number of phenolic OH excluding ortho intramolecular Hbond substituents is 1. The fourth-order valence-electron chi connectivity index (χ4n) is 6.85. The highest BCUT2D eigenvalue weighted by molar-refractivity contribution is 7.98. The Kier molecular flexibility index (Phi) is 15.1. The summed E-state index contributed by atoms with van der Waals surface area (Å²) in [5.41, 5.74) is 0.592. The van der Waals surface area contributed by atoms with Gasteiger partial charge >= 0.3 is 5.97 Å². The molecule has 1 heterocycles. The molecule has 0 saturated carbocycles. The third-order valence-corrected chi connectivity index (χ3v) is 12.4.